The van der Waals surface area contributed by atoms with Crippen molar-refractivity contribution < 1.29 is 49.3 Å². The summed E-state index contributed by atoms with van der Waals surface area (Å²) in [5.74, 6) is -0.238. The van der Waals surface area contributed by atoms with Crippen LogP contribution in [0.25, 0.3) is 0 Å². The van der Waals surface area contributed by atoms with Gasteiger partial charge in [0, 0.05) is 12.8 Å². The van der Waals surface area contributed by atoms with E-state index in [4.69, 9.17) is 14.2 Å². The summed E-state index contributed by atoms with van der Waals surface area (Å²) in [6.45, 7) is 4.20. The largest absolute Gasteiger partial charge is 0.465 e. The third-order valence-corrected chi connectivity index (χ3v) is 15.2. The fourth-order valence-electron chi connectivity index (χ4n) is 10.0. The normalized spacial score (nSPS) is 18.9. The summed E-state index contributed by atoms with van der Waals surface area (Å²) in [5.41, 5.74) is 0. The molecule has 1 aliphatic rings. The van der Waals surface area contributed by atoms with Gasteiger partial charge in [0.1, 0.15) is 24.4 Å². The second-order valence-electron chi connectivity index (χ2n) is 22.5. The van der Waals surface area contributed by atoms with Crippen molar-refractivity contribution in [3.8, 4) is 0 Å². The minimum absolute atomic E-state index is 0.0491. The smallest absolute Gasteiger partial charge is 0.305 e. The van der Waals surface area contributed by atoms with Crippen LogP contribution in [0.1, 0.15) is 296 Å². The average Bonchev–Trinajstić information content (AvgIpc) is 3.43. The van der Waals surface area contributed by atoms with Gasteiger partial charge in [0.05, 0.1) is 32.0 Å². The van der Waals surface area contributed by atoms with E-state index in [1.807, 2.05) is 6.08 Å². The topological polar surface area (TPSA) is 175 Å². The van der Waals surface area contributed by atoms with E-state index in [-0.39, 0.29) is 18.5 Å². The van der Waals surface area contributed by atoms with Crippen LogP contribution in [0.15, 0.2) is 48.6 Å². The lowest BCUT2D eigenvalue weighted by Crippen LogP contribution is -2.60. The van der Waals surface area contributed by atoms with Gasteiger partial charge in [0.15, 0.2) is 6.29 Å². The Bertz CT molecular complexity index is 1420. The first-order valence-corrected chi connectivity index (χ1v) is 32.4. The number of carbonyl (C=O) groups is 2. The lowest BCUT2D eigenvalue weighted by atomic mass is 9.99. The van der Waals surface area contributed by atoms with E-state index in [0.717, 1.165) is 70.6 Å². The lowest BCUT2D eigenvalue weighted by Gasteiger charge is -2.40. The standard InChI is InChI=1S/C66H121NO10/c1-3-5-7-9-11-13-14-15-16-17-21-25-28-31-34-38-42-46-50-54-62(71)75-55-51-47-43-39-35-32-29-26-23-20-18-19-22-24-27-30-33-37-41-45-49-53-61(70)67-58(59(69)52-48-44-40-36-12-10-8-6-4-2)57-76-66-65(74)64(73)63(72)60(56-68)77-66/h15-16,32,35,43,47-48,52,58-60,63-66,68-69,72-74H,3-14,17-31,33-34,36-42,44-46,49-51,53-57H2,1-2H3,(H,67,70)/b16-15-,35-32-,47-43-,52-48+. The molecule has 11 nitrogen and oxygen atoms in total. The van der Waals surface area contributed by atoms with Crippen LogP contribution in [-0.4, -0.2) is 100 Å². The Labute approximate surface area is 472 Å². The van der Waals surface area contributed by atoms with E-state index >= 15 is 0 Å². The molecule has 1 aliphatic heterocycles. The Morgan fingerprint density at radius 3 is 1.32 bits per heavy atom. The molecule has 1 heterocycles. The molecule has 0 saturated carbocycles. The van der Waals surface area contributed by atoms with Gasteiger partial charge in [-0.3, -0.25) is 9.59 Å². The van der Waals surface area contributed by atoms with Crippen LogP contribution >= 0.6 is 0 Å². The van der Waals surface area contributed by atoms with Crippen LogP contribution in [-0.2, 0) is 23.8 Å². The van der Waals surface area contributed by atoms with Gasteiger partial charge in [-0.1, -0.05) is 255 Å². The van der Waals surface area contributed by atoms with Crippen molar-refractivity contribution in [3.63, 3.8) is 0 Å². The summed E-state index contributed by atoms with van der Waals surface area (Å²) in [6, 6.07) is -0.813. The minimum Gasteiger partial charge on any atom is -0.465 e. The monoisotopic (exact) mass is 1090 g/mol. The molecule has 7 unspecified atom stereocenters. The molecule has 7 atom stereocenters. The molecule has 6 N–H and O–H groups in total. The predicted molar refractivity (Wildman–Crippen MR) is 320 cm³/mol. The van der Waals surface area contributed by atoms with Gasteiger partial charge in [0.25, 0.3) is 0 Å². The van der Waals surface area contributed by atoms with Crippen molar-refractivity contribution in [2.24, 2.45) is 0 Å². The molecule has 0 aromatic rings. The Morgan fingerprint density at radius 2 is 0.870 bits per heavy atom. The second kappa shape index (κ2) is 55.5. The highest BCUT2D eigenvalue weighted by atomic mass is 16.7. The van der Waals surface area contributed by atoms with Crippen LogP contribution in [0.5, 0.6) is 0 Å². The highest BCUT2D eigenvalue weighted by Crippen LogP contribution is 2.23. The fourth-order valence-corrected chi connectivity index (χ4v) is 10.0. The highest BCUT2D eigenvalue weighted by molar-refractivity contribution is 5.76. The number of amides is 1. The van der Waals surface area contributed by atoms with E-state index in [1.54, 1.807) is 6.08 Å². The van der Waals surface area contributed by atoms with Crippen LogP contribution < -0.4 is 5.32 Å². The molecular weight excluding hydrogens is 967 g/mol. The summed E-state index contributed by atoms with van der Waals surface area (Å²) in [7, 11) is 0. The number of rotatable bonds is 56. The van der Waals surface area contributed by atoms with Gasteiger partial charge in [-0.05, 0) is 77.0 Å². The molecule has 1 amide bonds. The average molecular weight is 1090 g/mol. The van der Waals surface area contributed by atoms with Crippen molar-refractivity contribution in [1.82, 2.24) is 5.32 Å². The zero-order valence-electron chi connectivity index (χ0n) is 49.7. The Morgan fingerprint density at radius 1 is 0.481 bits per heavy atom. The number of hydrogen-bond donors (Lipinski definition) is 6. The number of carbonyl (C=O) groups excluding carboxylic acids is 2. The van der Waals surface area contributed by atoms with Crippen molar-refractivity contribution in [3.05, 3.63) is 48.6 Å². The van der Waals surface area contributed by atoms with E-state index in [2.05, 4.69) is 55.6 Å². The number of ether oxygens (including phenoxy) is 3. The third-order valence-electron chi connectivity index (χ3n) is 15.2. The molecule has 0 aromatic heterocycles. The summed E-state index contributed by atoms with van der Waals surface area (Å²) in [5, 5.41) is 54.2. The summed E-state index contributed by atoms with van der Waals surface area (Å²) in [6.07, 6.45) is 61.1. The molecule has 0 spiro atoms. The second-order valence-corrected chi connectivity index (χ2v) is 22.5. The third kappa shape index (κ3) is 45.0. The number of nitrogens with one attached hydrogen (secondary N) is 1. The molecule has 77 heavy (non-hydrogen) atoms. The Hall–Kier alpha value is -2.38. The Kier molecular flexibility index (Phi) is 52.4. The molecule has 0 radical (unpaired) electrons. The van der Waals surface area contributed by atoms with Gasteiger partial charge >= 0.3 is 5.97 Å². The molecule has 1 fully saturated rings. The van der Waals surface area contributed by atoms with Crippen LogP contribution in [0.3, 0.4) is 0 Å². The van der Waals surface area contributed by atoms with Gasteiger partial charge in [-0.25, -0.2) is 0 Å². The number of allylic oxidation sites excluding steroid dienone is 6. The molecule has 0 aromatic carbocycles. The Balaban J connectivity index is 1.99. The van der Waals surface area contributed by atoms with E-state index in [0.29, 0.717) is 19.4 Å². The van der Waals surface area contributed by atoms with Crippen molar-refractivity contribution >= 4 is 11.9 Å². The first-order chi connectivity index (χ1) is 37.7. The minimum atomic E-state index is -1.57. The van der Waals surface area contributed by atoms with E-state index < -0.39 is 49.5 Å². The van der Waals surface area contributed by atoms with Gasteiger partial charge in [-0.2, -0.15) is 0 Å². The number of aliphatic hydroxyl groups is 5. The maximum Gasteiger partial charge on any atom is 0.305 e. The van der Waals surface area contributed by atoms with Crippen LogP contribution in [0.4, 0.5) is 0 Å². The first-order valence-electron chi connectivity index (χ1n) is 32.4. The number of esters is 1. The summed E-state index contributed by atoms with van der Waals surface area (Å²) in [4.78, 5) is 25.1. The highest BCUT2D eigenvalue weighted by Gasteiger charge is 2.44. The zero-order valence-corrected chi connectivity index (χ0v) is 49.7. The van der Waals surface area contributed by atoms with Crippen molar-refractivity contribution in [1.29, 1.82) is 0 Å². The van der Waals surface area contributed by atoms with Gasteiger partial charge < -0.3 is 45.1 Å². The summed E-state index contributed by atoms with van der Waals surface area (Å²) < 4.78 is 16.6. The number of aliphatic hydroxyl groups excluding tert-OH is 5. The van der Waals surface area contributed by atoms with Crippen molar-refractivity contribution in [2.45, 2.75) is 339 Å². The molecule has 11 heteroatoms. The SMILES string of the molecule is CCCCCCCC/C=C\CCCCCCCCCCCC(=O)OCC/C=C\C/C=C\CCCCCCCCCCCCCCCCC(=O)NC(COC1OC(CO)C(O)C(O)C1O)C(O)/C=C/CCCCCCCCC. The molecule has 0 bridgehead atoms. The molecule has 450 valence electrons. The zero-order chi connectivity index (χ0) is 55.9. The molecule has 0 aliphatic carbocycles. The predicted octanol–water partition coefficient (Wildman–Crippen LogP) is 15.6. The molecule has 1 rings (SSSR count). The maximum atomic E-state index is 13.0. The van der Waals surface area contributed by atoms with E-state index in [1.165, 1.54) is 199 Å². The lowest BCUT2D eigenvalue weighted by molar-refractivity contribution is -0.302. The molecule has 1 saturated heterocycles. The number of unbranched alkanes of at least 4 members (excludes halogenated alkanes) is 36. The maximum absolute atomic E-state index is 13.0. The van der Waals surface area contributed by atoms with E-state index in [9.17, 15) is 35.1 Å². The molecular formula is C66H121NO10. The van der Waals surface area contributed by atoms with Crippen LogP contribution in [0, 0.1) is 0 Å². The van der Waals surface area contributed by atoms with Crippen LogP contribution in [0.2, 0.25) is 0 Å². The first kappa shape index (κ1) is 72.6. The quantitative estimate of drug-likeness (QED) is 0.0195. The van der Waals surface area contributed by atoms with Gasteiger partial charge in [-0.15, -0.1) is 0 Å². The summed E-state index contributed by atoms with van der Waals surface area (Å²) >= 11 is 0. The fraction of sp³-hybridized carbons (Fsp3) is 0.848. The number of hydrogen-bond acceptors (Lipinski definition) is 10. The van der Waals surface area contributed by atoms with Crippen molar-refractivity contribution in [2.75, 3.05) is 19.8 Å². The van der Waals surface area contributed by atoms with Gasteiger partial charge in [0.2, 0.25) is 5.91 Å².